The molecular formula is C26H23NO6. The largest absolute Gasteiger partial charge is 0.496 e. The van der Waals surface area contributed by atoms with Gasteiger partial charge in [0.05, 0.1) is 40.1 Å². The van der Waals surface area contributed by atoms with E-state index in [-0.39, 0.29) is 11.3 Å². The van der Waals surface area contributed by atoms with Crippen LogP contribution in [-0.4, -0.2) is 34.4 Å². The van der Waals surface area contributed by atoms with Crippen LogP contribution in [0.4, 0.5) is 0 Å². The number of hydrogen-bond acceptors (Lipinski definition) is 7. The number of nitrogens with zero attached hydrogens (tertiary/aromatic N) is 1. The van der Waals surface area contributed by atoms with Gasteiger partial charge in [-0.3, -0.25) is 0 Å². The van der Waals surface area contributed by atoms with Crippen molar-refractivity contribution in [3.05, 3.63) is 77.4 Å². The monoisotopic (exact) mass is 445 g/mol. The number of esters is 1. The van der Waals surface area contributed by atoms with Crippen LogP contribution in [0.2, 0.25) is 0 Å². The van der Waals surface area contributed by atoms with Crippen LogP contribution in [0.3, 0.4) is 0 Å². The van der Waals surface area contributed by atoms with Crippen molar-refractivity contribution in [3.8, 4) is 34.8 Å². The third-order valence-corrected chi connectivity index (χ3v) is 4.85. The molecule has 0 spiro atoms. The van der Waals surface area contributed by atoms with Crippen molar-refractivity contribution in [2.45, 2.75) is 0 Å². The second-order valence-corrected chi connectivity index (χ2v) is 6.71. The second kappa shape index (κ2) is 10.7. The molecule has 0 bridgehead atoms. The van der Waals surface area contributed by atoms with Gasteiger partial charge in [-0.1, -0.05) is 24.3 Å². The number of rotatable bonds is 8. The maximum Gasteiger partial charge on any atom is 0.351 e. The standard InChI is InChI=1S/C26H23NO6/c1-29-20-9-6-5-8-19(20)18(16-27)14-17-12-13-21(24(15-17)32-4)33-26(28)25-22(30-2)10-7-11-23(25)31-3/h5-15H,1-4H3/b18-14-. The minimum Gasteiger partial charge on any atom is -0.496 e. The fourth-order valence-corrected chi connectivity index (χ4v) is 3.27. The van der Waals surface area contributed by atoms with Gasteiger partial charge in [0.25, 0.3) is 0 Å². The molecule has 33 heavy (non-hydrogen) atoms. The zero-order valence-corrected chi connectivity index (χ0v) is 18.7. The molecule has 0 amide bonds. The Bertz CT molecular complexity index is 1200. The van der Waals surface area contributed by atoms with E-state index in [2.05, 4.69) is 6.07 Å². The van der Waals surface area contributed by atoms with Crippen LogP contribution in [0.15, 0.2) is 60.7 Å². The maximum absolute atomic E-state index is 12.9. The summed E-state index contributed by atoms with van der Waals surface area (Å²) in [5, 5.41) is 9.69. The van der Waals surface area contributed by atoms with Gasteiger partial charge in [-0.05, 0) is 48.0 Å². The highest BCUT2D eigenvalue weighted by Crippen LogP contribution is 2.34. The average Bonchev–Trinajstić information content (AvgIpc) is 2.87. The first-order valence-electron chi connectivity index (χ1n) is 9.92. The number of hydrogen-bond donors (Lipinski definition) is 0. The SMILES string of the molecule is COc1cc(/C=C(/C#N)c2ccccc2OC)ccc1OC(=O)c1c(OC)cccc1OC. The minimum atomic E-state index is -0.655. The lowest BCUT2D eigenvalue weighted by Crippen LogP contribution is -2.12. The van der Waals surface area contributed by atoms with Gasteiger partial charge in [-0.15, -0.1) is 0 Å². The Morgan fingerprint density at radius 2 is 1.36 bits per heavy atom. The lowest BCUT2D eigenvalue weighted by Gasteiger charge is -2.14. The summed E-state index contributed by atoms with van der Waals surface area (Å²) in [5.41, 5.74) is 1.93. The van der Waals surface area contributed by atoms with Gasteiger partial charge < -0.3 is 23.7 Å². The number of allylic oxidation sites excluding steroid dienone is 1. The van der Waals surface area contributed by atoms with E-state index in [4.69, 9.17) is 23.7 Å². The van der Waals surface area contributed by atoms with E-state index >= 15 is 0 Å². The number of carbonyl (C=O) groups is 1. The predicted octanol–water partition coefficient (Wildman–Crippen LogP) is 5.00. The smallest absolute Gasteiger partial charge is 0.351 e. The molecule has 7 nitrogen and oxygen atoms in total. The summed E-state index contributed by atoms with van der Waals surface area (Å²) in [6, 6.07) is 19.5. The molecule has 0 aliphatic carbocycles. The molecule has 3 rings (SSSR count). The number of benzene rings is 3. The lowest BCUT2D eigenvalue weighted by atomic mass is 10.0. The highest BCUT2D eigenvalue weighted by atomic mass is 16.6. The van der Waals surface area contributed by atoms with Crippen LogP contribution >= 0.6 is 0 Å². The highest BCUT2D eigenvalue weighted by molar-refractivity contribution is 5.97. The van der Waals surface area contributed by atoms with Crippen LogP contribution in [-0.2, 0) is 0 Å². The number of ether oxygens (including phenoxy) is 5. The van der Waals surface area contributed by atoms with E-state index in [1.165, 1.54) is 21.3 Å². The minimum absolute atomic E-state index is 0.163. The summed E-state index contributed by atoms with van der Waals surface area (Å²) >= 11 is 0. The van der Waals surface area contributed by atoms with Crippen molar-refractivity contribution >= 4 is 17.6 Å². The van der Waals surface area contributed by atoms with Gasteiger partial charge >= 0.3 is 5.97 Å². The molecule has 7 heteroatoms. The predicted molar refractivity (Wildman–Crippen MR) is 124 cm³/mol. The Balaban J connectivity index is 1.95. The van der Waals surface area contributed by atoms with Crippen LogP contribution < -0.4 is 23.7 Å². The van der Waals surface area contributed by atoms with E-state index in [1.807, 2.05) is 18.2 Å². The first-order chi connectivity index (χ1) is 16.1. The Morgan fingerprint density at radius 3 is 1.97 bits per heavy atom. The molecule has 0 atom stereocenters. The Labute approximate surface area is 192 Å². The molecule has 0 radical (unpaired) electrons. The fourth-order valence-electron chi connectivity index (χ4n) is 3.27. The number of carbonyl (C=O) groups excluding carboxylic acids is 1. The molecule has 0 aromatic heterocycles. The Morgan fingerprint density at radius 1 is 0.758 bits per heavy atom. The van der Waals surface area contributed by atoms with Crippen molar-refractivity contribution < 1.29 is 28.5 Å². The van der Waals surface area contributed by atoms with Gasteiger partial charge in [0.15, 0.2) is 11.5 Å². The molecule has 0 saturated carbocycles. The van der Waals surface area contributed by atoms with Gasteiger partial charge in [-0.2, -0.15) is 5.26 Å². The zero-order valence-electron chi connectivity index (χ0n) is 18.7. The van der Waals surface area contributed by atoms with E-state index in [0.29, 0.717) is 39.7 Å². The highest BCUT2D eigenvalue weighted by Gasteiger charge is 2.22. The molecule has 0 fully saturated rings. The molecule has 0 N–H and O–H groups in total. The van der Waals surface area contributed by atoms with Gasteiger partial charge in [0.2, 0.25) is 0 Å². The quantitative estimate of drug-likeness (QED) is 0.209. The van der Waals surface area contributed by atoms with Crippen molar-refractivity contribution in [1.29, 1.82) is 5.26 Å². The topological polar surface area (TPSA) is 87.0 Å². The molecule has 0 unspecified atom stereocenters. The molecule has 3 aromatic carbocycles. The van der Waals surface area contributed by atoms with Crippen LogP contribution in [0, 0.1) is 11.3 Å². The summed E-state index contributed by atoms with van der Waals surface area (Å²) in [4.78, 5) is 12.9. The first-order valence-corrected chi connectivity index (χ1v) is 9.92. The lowest BCUT2D eigenvalue weighted by molar-refractivity contribution is 0.0722. The van der Waals surface area contributed by atoms with Gasteiger partial charge in [-0.25, -0.2) is 4.79 Å². The third kappa shape index (κ3) is 5.08. The van der Waals surface area contributed by atoms with Crippen LogP contribution in [0.1, 0.15) is 21.5 Å². The first kappa shape index (κ1) is 23.2. The Hall–Kier alpha value is -4.44. The summed E-state index contributed by atoms with van der Waals surface area (Å²) in [6.07, 6.45) is 1.70. The summed E-state index contributed by atoms with van der Waals surface area (Å²) in [6.45, 7) is 0. The molecule has 0 saturated heterocycles. The van der Waals surface area contributed by atoms with E-state index in [9.17, 15) is 10.1 Å². The number of para-hydroxylation sites is 1. The summed E-state index contributed by atoms with van der Waals surface area (Å²) in [7, 11) is 5.94. The maximum atomic E-state index is 12.9. The molecule has 168 valence electrons. The van der Waals surface area contributed by atoms with Crippen molar-refractivity contribution in [2.24, 2.45) is 0 Å². The van der Waals surface area contributed by atoms with Crippen molar-refractivity contribution in [3.63, 3.8) is 0 Å². The molecule has 0 aliphatic heterocycles. The molecule has 0 heterocycles. The normalized spacial score (nSPS) is 10.7. The van der Waals surface area contributed by atoms with Gasteiger partial charge in [0, 0.05) is 5.56 Å². The summed E-state index contributed by atoms with van der Waals surface area (Å²) < 4.78 is 26.9. The van der Waals surface area contributed by atoms with Crippen molar-refractivity contribution in [2.75, 3.05) is 28.4 Å². The number of nitriles is 1. The summed E-state index contributed by atoms with van der Waals surface area (Å²) in [5.74, 6) is 1.12. The molecule has 3 aromatic rings. The van der Waals surface area contributed by atoms with Crippen molar-refractivity contribution in [1.82, 2.24) is 0 Å². The fraction of sp³-hybridized carbons (Fsp3) is 0.154. The van der Waals surface area contributed by atoms with E-state index in [0.717, 1.165) is 0 Å². The molecular weight excluding hydrogens is 422 g/mol. The van der Waals surface area contributed by atoms with E-state index < -0.39 is 5.97 Å². The third-order valence-electron chi connectivity index (χ3n) is 4.85. The van der Waals surface area contributed by atoms with Crippen LogP contribution in [0.5, 0.6) is 28.7 Å². The average molecular weight is 445 g/mol. The van der Waals surface area contributed by atoms with Gasteiger partial charge in [0.1, 0.15) is 22.8 Å². The van der Waals surface area contributed by atoms with E-state index in [1.54, 1.807) is 55.7 Å². The molecule has 0 aliphatic rings. The number of methoxy groups -OCH3 is 4. The second-order valence-electron chi connectivity index (χ2n) is 6.71. The van der Waals surface area contributed by atoms with Crippen LogP contribution in [0.25, 0.3) is 11.6 Å². The Kier molecular flexibility index (Phi) is 7.55. The zero-order chi connectivity index (χ0) is 23.8.